The molecule has 1 heterocycles. The predicted molar refractivity (Wildman–Crippen MR) is 94.4 cm³/mol. The van der Waals surface area contributed by atoms with Gasteiger partial charge in [0.15, 0.2) is 0 Å². The van der Waals surface area contributed by atoms with Crippen molar-refractivity contribution in [3.8, 4) is 23.3 Å². The maximum Gasteiger partial charge on any atom is 0.294 e. The Bertz CT molecular complexity index is 1060. The molecule has 114 valence electrons. The summed E-state index contributed by atoms with van der Waals surface area (Å²) in [6.45, 7) is 2.05. The number of hydrogen-bond acceptors (Lipinski definition) is 3. The van der Waals surface area contributed by atoms with Crippen LogP contribution >= 0.6 is 0 Å². The number of aryl methyl sites for hydroxylation is 1. The van der Waals surface area contributed by atoms with Crippen LogP contribution in [0.3, 0.4) is 0 Å². The molecule has 0 saturated carbocycles. The van der Waals surface area contributed by atoms with Crippen molar-refractivity contribution in [2.24, 2.45) is 0 Å². The molecule has 0 unspecified atom stereocenters. The van der Waals surface area contributed by atoms with E-state index in [0.29, 0.717) is 11.8 Å². The number of fused-ring (bicyclic) bond motifs is 1. The Balaban J connectivity index is 1.69. The van der Waals surface area contributed by atoms with Crippen molar-refractivity contribution < 1.29 is 4.42 Å². The highest BCUT2D eigenvalue weighted by molar-refractivity contribution is 5.94. The maximum atomic E-state index is 5.73. The van der Waals surface area contributed by atoms with Crippen LogP contribution in [0.5, 0.6) is 0 Å². The molecule has 0 N–H and O–H groups in total. The Morgan fingerprint density at radius 3 is 2.46 bits per heavy atom. The zero-order valence-corrected chi connectivity index (χ0v) is 13.2. The monoisotopic (exact) mass is 310 g/mol. The molecule has 0 aliphatic heterocycles. The van der Waals surface area contributed by atoms with Crippen LogP contribution in [0.4, 0.5) is 0 Å². The number of hydrogen-bond donors (Lipinski definition) is 0. The van der Waals surface area contributed by atoms with Gasteiger partial charge < -0.3 is 4.42 Å². The second-order valence-electron chi connectivity index (χ2n) is 5.56. The number of aromatic nitrogens is 2. The van der Waals surface area contributed by atoms with Gasteiger partial charge in [0.2, 0.25) is 5.89 Å². The van der Waals surface area contributed by atoms with Gasteiger partial charge in [-0.05, 0) is 41.8 Å². The van der Waals surface area contributed by atoms with Crippen LogP contribution in [-0.2, 0) is 0 Å². The summed E-state index contributed by atoms with van der Waals surface area (Å²) >= 11 is 0. The topological polar surface area (TPSA) is 38.9 Å². The van der Waals surface area contributed by atoms with Gasteiger partial charge in [0.25, 0.3) is 5.89 Å². The average molecular weight is 310 g/mol. The zero-order valence-electron chi connectivity index (χ0n) is 13.2. The van der Waals surface area contributed by atoms with Crippen LogP contribution in [0, 0.1) is 18.8 Å². The van der Waals surface area contributed by atoms with Crippen molar-refractivity contribution in [2.75, 3.05) is 0 Å². The Hall–Kier alpha value is -3.38. The minimum Gasteiger partial charge on any atom is -0.410 e. The average Bonchev–Trinajstić information content (AvgIpc) is 3.09. The van der Waals surface area contributed by atoms with Gasteiger partial charge >= 0.3 is 0 Å². The maximum absolute atomic E-state index is 5.73. The van der Waals surface area contributed by atoms with Gasteiger partial charge in [-0.2, -0.15) is 0 Å². The lowest BCUT2D eigenvalue weighted by Crippen LogP contribution is -1.80. The molecule has 4 rings (SSSR count). The van der Waals surface area contributed by atoms with E-state index in [1.807, 2.05) is 61.5 Å². The molecular formula is C21H14N2O. The first-order chi connectivity index (χ1) is 11.8. The second kappa shape index (κ2) is 6.02. The molecule has 3 aromatic carbocycles. The van der Waals surface area contributed by atoms with Crippen molar-refractivity contribution >= 4 is 10.8 Å². The fraction of sp³-hybridized carbons (Fsp3) is 0.0476. The van der Waals surface area contributed by atoms with Crippen molar-refractivity contribution in [3.63, 3.8) is 0 Å². The standard InChI is InChI=1S/C21H14N2O/c1-15-9-11-16(12-10-15)13-14-20-22-23-21(24-20)19-8-4-6-17-5-2-3-7-18(17)19/h2-12H,1H3. The molecule has 0 aliphatic rings. The van der Waals surface area contributed by atoms with Gasteiger partial charge in [0.05, 0.1) is 0 Å². The van der Waals surface area contributed by atoms with Crippen molar-refractivity contribution in [2.45, 2.75) is 6.92 Å². The van der Waals surface area contributed by atoms with E-state index in [2.05, 4.69) is 34.2 Å². The van der Waals surface area contributed by atoms with Gasteiger partial charge in [-0.1, -0.05) is 65.1 Å². The molecule has 0 atom stereocenters. The first-order valence-electron chi connectivity index (χ1n) is 7.70. The SMILES string of the molecule is Cc1ccc(C#Cc2nnc(-c3cccc4ccccc34)o2)cc1. The third-order valence-corrected chi connectivity index (χ3v) is 3.81. The second-order valence-corrected chi connectivity index (χ2v) is 5.56. The molecule has 0 radical (unpaired) electrons. The van der Waals surface area contributed by atoms with Gasteiger partial charge in [-0.25, -0.2) is 0 Å². The normalized spacial score (nSPS) is 10.4. The summed E-state index contributed by atoms with van der Waals surface area (Å²) in [5.41, 5.74) is 3.05. The molecule has 3 nitrogen and oxygen atoms in total. The summed E-state index contributed by atoms with van der Waals surface area (Å²) in [7, 11) is 0. The Labute approximate surface area is 140 Å². The lowest BCUT2D eigenvalue weighted by atomic mass is 10.0. The summed E-state index contributed by atoms with van der Waals surface area (Å²) in [4.78, 5) is 0. The highest BCUT2D eigenvalue weighted by Gasteiger charge is 2.10. The van der Waals surface area contributed by atoms with Gasteiger partial charge in [0, 0.05) is 11.1 Å². The van der Waals surface area contributed by atoms with Crippen molar-refractivity contribution in [1.82, 2.24) is 10.2 Å². The van der Waals surface area contributed by atoms with Crippen LogP contribution < -0.4 is 0 Å². The largest absolute Gasteiger partial charge is 0.410 e. The summed E-state index contributed by atoms with van der Waals surface area (Å²) < 4.78 is 5.73. The first kappa shape index (κ1) is 14.2. The lowest BCUT2D eigenvalue weighted by molar-refractivity contribution is 0.555. The minimum atomic E-state index is 0.318. The third-order valence-electron chi connectivity index (χ3n) is 3.81. The molecular weight excluding hydrogens is 296 g/mol. The molecule has 0 aliphatic carbocycles. The van der Waals surface area contributed by atoms with E-state index in [1.54, 1.807) is 0 Å². The van der Waals surface area contributed by atoms with E-state index in [9.17, 15) is 0 Å². The summed E-state index contributed by atoms with van der Waals surface area (Å²) in [6.07, 6.45) is 0. The van der Waals surface area contributed by atoms with Crippen molar-refractivity contribution in [3.05, 3.63) is 83.7 Å². The Kier molecular flexibility index (Phi) is 3.57. The summed E-state index contributed by atoms with van der Waals surface area (Å²) in [5, 5.41) is 10.4. The van der Waals surface area contributed by atoms with E-state index >= 15 is 0 Å². The summed E-state index contributed by atoms with van der Waals surface area (Å²) in [6, 6.07) is 22.2. The van der Waals surface area contributed by atoms with Gasteiger partial charge in [-0.15, -0.1) is 5.10 Å². The molecule has 0 spiro atoms. The molecule has 1 aromatic heterocycles. The van der Waals surface area contributed by atoms with Gasteiger partial charge in [0.1, 0.15) is 0 Å². The number of benzene rings is 3. The molecule has 3 heteroatoms. The number of nitrogens with zero attached hydrogens (tertiary/aromatic N) is 2. The molecule has 0 bridgehead atoms. The molecule has 0 fully saturated rings. The van der Waals surface area contributed by atoms with E-state index in [4.69, 9.17) is 4.42 Å². The van der Waals surface area contributed by atoms with E-state index in [0.717, 1.165) is 21.9 Å². The van der Waals surface area contributed by atoms with Crippen LogP contribution in [-0.4, -0.2) is 10.2 Å². The fourth-order valence-corrected chi connectivity index (χ4v) is 2.56. The summed E-state index contributed by atoms with van der Waals surface area (Å²) in [5.74, 6) is 6.78. The van der Waals surface area contributed by atoms with Crippen LogP contribution in [0.1, 0.15) is 17.0 Å². The Morgan fingerprint density at radius 1 is 0.792 bits per heavy atom. The highest BCUT2D eigenvalue weighted by atomic mass is 16.4. The quantitative estimate of drug-likeness (QED) is 0.482. The molecule has 0 saturated heterocycles. The highest BCUT2D eigenvalue weighted by Crippen LogP contribution is 2.27. The number of rotatable bonds is 1. The van der Waals surface area contributed by atoms with Crippen LogP contribution in [0.2, 0.25) is 0 Å². The molecule has 24 heavy (non-hydrogen) atoms. The lowest BCUT2D eigenvalue weighted by Gasteiger charge is -2.01. The van der Waals surface area contributed by atoms with E-state index in [-0.39, 0.29) is 0 Å². The van der Waals surface area contributed by atoms with E-state index in [1.165, 1.54) is 5.56 Å². The Morgan fingerprint density at radius 2 is 1.58 bits per heavy atom. The minimum absolute atomic E-state index is 0.318. The zero-order chi connectivity index (χ0) is 16.4. The van der Waals surface area contributed by atoms with E-state index < -0.39 is 0 Å². The molecule has 4 aromatic rings. The van der Waals surface area contributed by atoms with Gasteiger partial charge in [-0.3, -0.25) is 0 Å². The smallest absolute Gasteiger partial charge is 0.294 e. The van der Waals surface area contributed by atoms with Crippen molar-refractivity contribution in [1.29, 1.82) is 0 Å². The van der Waals surface area contributed by atoms with Crippen LogP contribution in [0.25, 0.3) is 22.2 Å². The predicted octanol–water partition coefficient (Wildman–Crippen LogP) is 4.60. The third kappa shape index (κ3) is 2.78. The van der Waals surface area contributed by atoms with Crippen LogP contribution in [0.15, 0.2) is 71.1 Å². The fourth-order valence-electron chi connectivity index (χ4n) is 2.56. The molecule has 0 amide bonds. The first-order valence-corrected chi connectivity index (χ1v) is 7.70.